The average molecular weight is 779 g/mol. The number of fused-ring (bicyclic) bond motifs is 4. The molecule has 0 radical (unpaired) electrons. The Labute approximate surface area is 330 Å². The van der Waals surface area contributed by atoms with Crippen molar-refractivity contribution in [2.45, 2.75) is 50.3 Å². The van der Waals surface area contributed by atoms with Gasteiger partial charge in [-0.05, 0) is 46.5 Å². The molecule has 0 unspecified atom stereocenters. The van der Waals surface area contributed by atoms with Crippen molar-refractivity contribution in [3.05, 3.63) is 144 Å². The van der Waals surface area contributed by atoms with Crippen LogP contribution in [-0.4, -0.2) is 75.0 Å². The van der Waals surface area contributed by atoms with Gasteiger partial charge in [0.05, 0.1) is 32.3 Å². The van der Waals surface area contributed by atoms with Crippen molar-refractivity contribution in [1.82, 2.24) is 19.9 Å². The van der Waals surface area contributed by atoms with E-state index in [-0.39, 0.29) is 32.3 Å². The summed E-state index contributed by atoms with van der Waals surface area (Å²) in [4.78, 5) is 67.6. The summed E-state index contributed by atoms with van der Waals surface area (Å²) in [6.07, 6.45) is 0.656. The van der Waals surface area contributed by atoms with E-state index in [4.69, 9.17) is 23.7 Å². The van der Waals surface area contributed by atoms with Crippen LogP contribution in [0, 0.1) is 0 Å². The summed E-state index contributed by atoms with van der Waals surface area (Å²) in [5, 5.41) is 3.36. The first-order chi connectivity index (χ1) is 28.4. The van der Waals surface area contributed by atoms with Gasteiger partial charge in [0.1, 0.15) is 0 Å². The van der Waals surface area contributed by atoms with Crippen LogP contribution in [0.3, 0.4) is 0 Å². The summed E-state index contributed by atoms with van der Waals surface area (Å²) >= 11 is 0. The van der Waals surface area contributed by atoms with E-state index in [0.717, 1.165) is 43.6 Å². The molecule has 1 aliphatic heterocycles. The van der Waals surface area contributed by atoms with E-state index >= 15 is 0 Å². The molecule has 8 aromatic rings. The molecule has 13 nitrogen and oxygen atoms in total. The quantitative estimate of drug-likeness (QED) is 0.0795. The lowest BCUT2D eigenvalue weighted by atomic mass is 10.0. The molecule has 4 atom stereocenters. The van der Waals surface area contributed by atoms with Gasteiger partial charge in [0.2, 0.25) is 12.4 Å². The lowest BCUT2D eigenvalue weighted by Crippen LogP contribution is -2.59. The number of nitrogens with one attached hydrogen (secondary N) is 4. The summed E-state index contributed by atoms with van der Waals surface area (Å²) in [6.45, 7) is -0.327. The van der Waals surface area contributed by atoms with Gasteiger partial charge in [-0.15, -0.1) is 0 Å². The zero-order valence-electron chi connectivity index (χ0n) is 31.1. The second kappa shape index (κ2) is 15.8. The molecule has 0 saturated carbocycles. The summed E-state index contributed by atoms with van der Waals surface area (Å²) in [7, 11) is 0. The zero-order valence-corrected chi connectivity index (χ0v) is 31.1. The second-order valence-corrected chi connectivity index (χ2v) is 14.3. The zero-order chi connectivity index (χ0) is 39.6. The van der Waals surface area contributed by atoms with E-state index in [1.54, 1.807) is 24.8 Å². The summed E-state index contributed by atoms with van der Waals surface area (Å²) in [5.41, 5.74) is 6.12. The average Bonchev–Trinajstić information content (AvgIpc) is 4.03. The number of carbonyl (C=O) groups is 4. The van der Waals surface area contributed by atoms with E-state index in [2.05, 4.69) is 19.9 Å². The number of benzene rings is 4. The number of hydrogen-bond donors (Lipinski definition) is 4. The molecule has 58 heavy (non-hydrogen) atoms. The molecule has 9 rings (SSSR count). The highest BCUT2D eigenvalue weighted by Gasteiger charge is 2.49. The minimum atomic E-state index is -1.52. The standard InChI is InChI=1S/C45H38N4O9/c50-39(17-26-21-46-34-13-5-1-9-30(26)34)55-38-25-54-45(58-42(53)20-29-24-49-37-16-8-4-12-33(29)37)44(57-41(52)19-28-23-48-36-15-7-3-11-32(28)36)43(38)56-40(51)18-27-22-47-35-14-6-2-10-31(27)35/h1-16,21-24,38,43-49H,17-20,25H2/t38-,43-,44-,45-/m1/s1. The molecule has 0 aliphatic carbocycles. The van der Waals surface area contributed by atoms with Crippen molar-refractivity contribution in [1.29, 1.82) is 0 Å². The van der Waals surface area contributed by atoms with Crippen LogP contribution in [0.1, 0.15) is 22.3 Å². The highest BCUT2D eigenvalue weighted by molar-refractivity contribution is 5.90. The molecule has 1 saturated heterocycles. The van der Waals surface area contributed by atoms with Gasteiger partial charge in [-0.25, -0.2) is 0 Å². The van der Waals surface area contributed by atoms with E-state index in [9.17, 15) is 19.2 Å². The van der Waals surface area contributed by atoms with E-state index in [1.807, 2.05) is 97.1 Å². The highest BCUT2D eigenvalue weighted by atomic mass is 16.7. The highest BCUT2D eigenvalue weighted by Crippen LogP contribution is 2.29. The molecule has 5 heterocycles. The monoisotopic (exact) mass is 778 g/mol. The Morgan fingerprint density at radius 2 is 0.776 bits per heavy atom. The van der Waals surface area contributed by atoms with Gasteiger partial charge in [0.15, 0.2) is 12.2 Å². The Bertz CT molecular complexity index is 2600. The molecule has 4 N–H and O–H groups in total. The number of H-pyrrole nitrogens is 4. The lowest BCUT2D eigenvalue weighted by Gasteiger charge is -2.40. The minimum absolute atomic E-state index is 0.107. The van der Waals surface area contributed by atoms with E-state index in [0.29, 0.717) is 22.3 Å². The van der Waals surface area contributed by atoms with Crippen LogP contribution in [-0.2, 0) is 68.5 Å². The third kappa shape index (κ3) is 7.54. The molecular weight excluding hydrogens is 741 g/mol. The third-order valence-electron chi connectivity index (χ3n) is 10.5. The largest absolute Gasteiger partial charge is 0.456 e. The summed E-state index contributed by atoms with van der Waals surface area (Å²) in [6, 6.07) is 30.1. The van der Waals surface area contributed by atoms with Gasteiger partial charge < -0.3 is 43.6 Å². The van der Waals surface area contributed by atoms with E-state index in [1.165, 1.54) is 0 Å². The number of para-hydroxylation sites is 4. The number of aromatic amines is 4. The fourth-order valence-electron chi connectivity index (χ4n) is 7.72. The predicted octanol–water partition coefficient (Wildman–Crippen LogP) is 6.52. The molecule has 13 heteroatoms. The van der Waals surface area contributed by atoms with Crippen molar-refractivity contribution in [2.75, 3.05) is 6.61 Å². The van der Waals surface area contributed by atoms with Gasteiger partial charge in [0.25, 0.3) is 0 Å². The van der Waals surface area contributed by atoms with E-state index < -0.39 is 48.5 Å². The second-order valence-electron chi connectivity index (χ2n) is 14.3. The molecule has 0 bridgehead atoms. The third-order valence-corrected chi connectivity index (χ3v) is 10.5. The molecule has 4 aromatic carbocycles. The van der Waals surface area contributed by atoms with Crippen molar-refractivity contribution < 1.29 is 42.9 Å². The van der Waals surface area contributed by atoms with Crippen LogP contribution in [0.15, 0.2) is 122 Å². The smallest absolute Gasteiger partial charge is 0.312 e. The van der Waals surface area contributed by atoms with Crippen LogP contribution >= 0.6 is 0 Å². The van der Waals surface area contributed by atoms with Crippen LogP contribution in [0.4, 0.5) is 0 Å². The van der Waals surface area contributed by atoms with Crippen molar-refractivity contribution in [2.24, 2.45) is 0 Å². The Hall–Kier alpha value is -7.12. The molecule has 292 valence electrons. The number of rotatable bonds is 12. The predicted molar refractivity (Wildman–Crippen MR) is 213 cm³/mol. The number of ether oxygens (including phenoxy) is 5. The van der Waals surface area contributed by atoms with Crippen LogP contribution in [0.5, 0.6) is 0 Å². The molecule has 1 aliphatic rings. The van der Waals surface area contributed by atoms with Crippen LogP contribution in [0.2, 0.25) is 0 Å². The SMILES string of the molecule is O=C(Cc1c[nH]c2ccccc12)O[C@H]1OC[C@@H](OC(=O)Cc2c[nH]c3ccccc23)[C@@H](OC(=O)Cc2c[nH]c3ccccc23)[C@H]1OC(=O)Cc1c[nH]c2ccccc12. The Kier molecular flexibility index (Phi) is 9.94. The van der Waals surface area contributed by atoms with Gasteiger partial charge in [0, 0.05) is 68.4 Å². The molecular formula is C45H38N4O9. The summed E-state index contributed by atoms with van der Waals surface area (Å²) in [5.74, 6) is -2.70. The number of carbonyl (C=O) groups excluding carboxylic acids is 4. The number of hydrogen-bond acceptors (Lipinski definition) is 9. The first-order valence-corrected chi connectivity index (χ1v) is 19.0. The van der Waals surface area contributed by atoms with Crippen molar-refractivity contribution >= 4 is 67.5 Å². The van der Waals surface area contributed by atoms with Gasteiger partial charge in [-0.1, -0.05) is 72.8 Å². The normalized spacial score (nSPS) is 18.1. The minimum Gasteiger partial charge on any atom is -0.456 e. The van der Waals surface area contributed by atoms with Gasteiger partial charge in [-0.2, -0.15) is 0 Å². The fourth-order valence-corrected chi connectivity index (χ4v) is 7.72. The Morgan fingerprint density at radius 3 is 1.17 bits per heavy atom. The first kappa shape index (κ1) is 36.5. The molecule has 0 amide bonds. The van der Waals surface area contributed by atoms with Crippen molar-refractivity contribution in [3.8, 4) is 0 Å². The van der Waals surface area contributed by atoms with Crippen LogP contribution < -0.4 is 0 Å². The maximum Gasteiger partial charge on any atom is 0.312 e. The van der Waals surface area contributed by atoms with Gasteiger partial charge >= 0.3 is 23.9 Å². The Morgan fingerprint density at radius 1 is 0.448 bits per heavy atom. The van der Waals surface area contributed by atoms with Crippen molar-refractivity contribution in [3.63, 3.8) is 0 Å². The van der Waals surface area contributed by atoms with Gasteiger partial charge in [-0.3, -0.25) is 19.2 Å². The molecule has 0 spiro atoms. The lowest BCUT2D eigenvalue weighted by molar-refractivity contribution is -0.275. The fraction of sp³-hybridized carbons (Fsp3) is 0.200. The number of aromatic nitrogens is 4. The Balaban J connectivity index is 1.01. The first-order valence-electron chi connectivity index (χ1n) is 19.0. The maximum atomic E-state index is 13.9. The molecule has 1 fully saturated rings. The number of esters is 4. The van der Waals surface area contributed by atoms with Crippen LogP contribution in [0.25, 0.3) is 43.6 Å². The molecule has 4 aromatic heterocycles. The maximum absolute atomic E-state index is 13.9. The topological polar surface area (TPSA) is 178 Å². The summed E-state index contributed by atoms with van der Waals surface area (Å²) < 4.78 is 30.2.